The summed E-state index contributed by atoms with van der Waals surface area (Å²) < 4.78 is 5.68. The van der Waals surface area contributed by atoms with Gasteiger partial charge in [0.05, 0.1) is 12.1 Å². The van der Waals surface area contributed by atoms with Crippen molar-refractivity contribution in [3.05, 3.63) is 45.9 Å². The predicted molar refractivity (Wildman–Crippen MR) is 84.6 cm³/mol. The maximum absolute atomic E-state index is 11.8. The van der Waals surface area contributed by atoms with Gasteiger partial charge in [-0.2, -0.15) is 0 Å². The smallest absolute Gasteiger partial charge is 0.225 e. The van der Waals surface area contributed by atoms with Gasteiger partial charge in [0.15, 0.2) is 0 Å². The summed E-state index contributed by atoms with van der Waals surface area (Å²) in [6.45, 7) is 6.27. The fourth-order valence-corrected chi connectivity index (χ4v) is 2.88. The highest BCUT2D eigenvalue weighted by Crippen LogP contribution is 2.20. The molecule has 0 atom stereocenters. The van der Waals surface area contributed by atoms with Crippen LogP contribution in [0.15, 0.2) is 30.3 Å². The molecule has 0 aliphatic heterocycles. The van der Waals surface area contributed by atoms with Crippen molar-refractivity contribution in [3.8, 4) is 5.75 Å². The number of carbonyl (C=O) groups excluding carboxylic acids is 1. The van der Waals surface area contributed by atoms with Crippen molar-refractivity contribution in [3.63, 3.8) is 0 Å². The average molecular weight is 304 g/mol. The number of hydrogen-bond donors (Lipinski definition) is 1. The van der Waals surface area contributed by atoms with E-state index in [0.717, 1.165) is 21.3 Å². The molecule has 0 unspecified atom stereocenters. The lowest BCUT2D eigenvalue weighted by Crippen LogP contribution is -2.31. The number of benzene rings is 1. The molecular weight excluding hydrogens is 284 g/mol. The summed E-state index contributed by atoms with van der Waals surface area (Å²) >= 11 is 1.54. The average Bonchev–Trinajstić information content (AvgIpc) is 2.77. The van der Waals surface area contributed by atoms with Crippen molar-refractivity contribution < 1.29 is 9.53 Å². The number of nitrogens with one attached hydrogen (secondary N) is 1. The fourth-order valence-electron chi connectivity index (χ4n) is 1.89. The van der Waals surface area contributed by atoms with Crippen LogP contribution in [0.2, 0.25) is 0 Å². The SMILES string of the molecule is Cc1nc(COc2ccccc2)sc1CC(=O)NC(C)C. The van der Waals surface area contributed by atoms with Crippen LogP contribution in [0, 0.1) is 6.92 Å². The molecule has 0 aliphatic rings. The van der Waals surface area contributed by atoms with Crippen LogP contribution in [0.1, 0.15) is 29.4 Å². The second kappa shape index (κ2) is 7.22. The van der Waals surface area contributed by atoms with E-state index in [4.69, 9.17) is 4.74 Å². The van der Waals surface area contributed by atoms with E-state index in [1.165, 1.54) is 11.3 Å². The molecular formula is C16H20N2O2S. The molecule has 2 aromatic rings. The van der Waals surface area contributed by atoms with Crippen molar-refractivity contribution in [2.45, 2.75) is 39.8 Å². The monoisotopic (exact) mass is 304 g/mol. The van der Waals surface area contributed by atoms with Crippen LogP contribution in [-0.4, -0.2) is 16.9 Å². The predicted octanol–water partition coefficient (Wildman–Crippen LogP) is 3.10. The van der Waals surface area contributed by atoms with E-state index in [0.29, 0.717) is 13.0 Å². The molecule has 21 heavy (non-hydrogen) atoms. The van der Waals surface area contributed by atoms with Gasteiger partial charge in [0.1, 0.15) is 17.4 Å². The normalized spacial score (nSPS) is 10.7. The molecule has 1 amide bonds. The number of rotatable bonds is 6. The summed E-state index contributed by atoms with van der Waals surface area (Å²) in [7, 11) is 0. The van der Waals surface area contributed by atoms with Crippen LogP contribution in [-0.2, 0) is 17.8 Å². The number of nitrogens with zero attached hydrogens (tertiary/aromatic N) is 1. The standard InChI is InChI=1S/C16H20N2O2S/c1-11(2)17-15(19)9-14-12(3)18-16(21-14)10-20-13-7-5-4-6-8-13/h4-8,11H,9-10H2,1-3H3,(H,17,19). The van der Waals surface area contributed by atoms with Crippen LogP contribution >= 0.6 is 11.3 Å². The van der Waals surface area contributed by atoms with Gasteiger partial charge in [0.25, 0.3) is 0 Å². The lowest BCUT2D eigenvalue weighted by molar-refractivity contribution is -0.120. The summed E-state index contributed by atoms with van der Waals surface area (Å²) in [5.74, 6) is 0.858. The van der Waals surface area contributed by atoms with Crippen LogP contribution in [0.4, 0.5) is 0 Å². The number of para-hydroxylation sites is 1. The minimum absolute atomic E-state index is 0.0345. The van der Waals surface area contributed by atoms with Gasteiger partial charge in [-0.3, -0.25) is 4.79 Å². The lowest BCUT2D eigenvalue weighted by atomic mass is 10.2. The Morgan fingerprint density at radius 3 is 2.71 bits per heavy atom. The molecule has 1 aromatic carbocycles. The molecule has 112 valence electrons. The Labute approximate surface area is 129 Å². The van der Waals surface area contributed by atoms with Gasteiger partial charge in [-0.1, -0.05) is 18.2 Å². The van der Waals surface area contributed by atoms with E-state index in [2.05, 4.69) is 10.3 Å². The lowest BCUT2D eigenvalue weighted by Gasteiger charge is -2.07. The first-order chi connectivity index (χ1) is 10.0. The molecule has 0 aliphatic carbocycles. The Kier molecular flexibility index (Phi) is 5.33. The molecule has 1 heterocycles. The number of hydrogen-bond acceptors (Lipinski definition) is 4. The van der Waals surface area contributed by atoms with Crippen molar-refractivity contribution >= 4 is 17.2 Å². The Morgan fingerprint density at radius 1 is 1.33 bits per heavy atom. The number of carbonyl (C=O) groups is 1. The summed E-state index contributed by atoms with van der Waals surface area (Å²) in [5, 5.41) is 3.79. The van der Waals surface area contributed by atoms with Crippen LogP contribution < -0.4 is 10.1 Å². The van der Waals surface area contributed by atoms with E-state index in [9.17, 15) is 4.79 Å². The molecule has 5 heteroatoms. The molecule has 0 spiro atoms. The van der Waals surface area contributed by atoms with E-state index in [1.807, 2.05) is 51.1 Å². The maximum atomic E-state index is 11.8. The second-order valence-electron chi connectivity index (χ2n) is 5.12. The van der Waals surface area contributed by atoms with Gasteiger partial charge in [-0.15, -0.1) is 11.3 Å². The first-order valence-electron chi connectivity index (χ1n) is 6.97. The zero-order valence-corrected chi connectivity index (χ0v) is 13.4. The van der Waals surface area contributed by atoms with E-state index in [1.54, 1.807) is 0 Å². The van der Waals surface area contributed by atoms with E-state index in [-0.39, 0.29) is 11.9 Å². The van der Waals surface area contributed by atoms with E-state index >= 15 is 0 Å². The fraction of sp³-hybridized carbons (Fsp3) is 0.375. The summed E-state index contributed by atoms with van der Waals surface area (Å²) in [6.07, 6.45) is 0.382. The topological polar surface area (TPSA) is 51.2 Å². The maximum Gasteiger partial charge on any atom is 0.225 e. The van der Waals surface area contributed by atoms with Crippen LogP contribution in [0.5, 0.6) is 5.75 Å². The molecule has 4 nitrogen and oxygen atoms in total. The van der Waals surface area contributed by atoms with Gasteiger partial charge in [0.2, 0.25) is 5.91 Å². The van der Waals surface area contributed by atoms with Gasteiger partial charge in [0, 0.05) is 10.9 Å². The third kappa shape index (κ3) is 4.86. The van der Waals surface area contributed by atoms with Gasteiger partial charge >= 0.3 is 0 Å². The Morgan fingerprint density at radius 2 is 2.05 bits per heavy atom. The molecule has 0 saturated heterocycles. The summed E-state index contributed by atoms with van der Waals surface area (Å²) in [6, 6.07) is 9.81. The molecule has 1 aromatic heterocycles. The molecule has 0 radical (unpaired) electrons. The van der Waals surface area contributed by atoms with Crippen LogP contribution in [0.25, 0.3) is 0 Å². The highest BCUT2D eigenvalue weighted by atomic mass is 32.1. The minimum atomic E-state index is 0.0345. The molecule has 2 rings (SSSR count). The highest BCUT2D eigenvalue weighted by Gasteiger charge is 2.12. The van der Waals surface area contributed by atoms with Crippen molar-refractivity contribution in [1.29, 1.82) is 0 Å². The number of amides is 1. The third-order valence-electron chi connectivity index (χ3n) is 2.81. The van der Waals surface area contributed by atoms with Crippen molar-refractivity contribution in [2.75, 3.05) is 0 Å². The van der Waals surface area contributed by atoms with Gasteiger partial charge in [-0.05, 0) is 32.9 Å². The Balaban J connectivity index is 1.94. The number of aromatic nitrogens is 1. The second-order valence-corrected chi connectivity index (χ2v) is 6.29. The van der Waals surface area contributed by atoms with Crippen molar-refractivity contribution in [1.82, 2.24) is 10.3 Å². The Hall–Kier alpha value is -1.88. The minimum Gasteiger partial charge on any atom is -0.486 e. The van der Waals surface area contributed by atoms with Gasteiger partial charge < -0.3 is 10.1 Å². The molecule has 1 N–H and O–H groups in total. The summed E-state index contributed by atoms with van der Waals surface area (Å²) in [4.78, 5) is 17.3. The first-order valence-corrected chi connectivity index (χ1v) is 7.78. The zero-order chi connectivity index (χ0) is 15.2. The number of aryl methyl sites for hydroxylation is 1. The van der Waals surface area contributed by atoms with Crippen molar-refractivity contribution in [2.24, 2.45) is 0 Å². The van der Waals surface area contributed by atoms with Gasteiger partial charge in [-0.25, -0.2) is 4.98 Å². The van der Waals surface area contributed by atoms with Crippen LogP contribution in [0.3, 0.4) is 0 Å². The van der Waals surface area contributed by atoms with E-state index < -0.39 is 0 Å². The number of thiazole rings is 1. The quantitative estimate of drug-likeness (QED) is 0.892. The summed E-state index contributed by atoms with van der Waals surface area (Å²) in [5.41, 5.74) is 0.908. The molecule has 0 bridgehead atoms. The number of ether oxygens (including phenoxy) is 1. The molecule has 0 saturated carbocycles. The molecule has 0 fully saturated rings. The zero-order valence-electron chi connectivity index (χ0n) is 12.6. The largest absolute Gasteiger partial charge is 0.486 e. The first kappa shape index (κ1) is 15.5. The third-order valence-corrected chi connectivity index (χ3v) is 3.94. The Bertz CT molecular complexity index is 594. The highest BCUT2D eigenvalue weighted by molar-refractivity contribution is 7.11.